The van der Waals surface area contributed by atoms with Crippen molar-refractivity contribution in [2.45, 2.75) is 50.0 Å². The lowest BCUT2D eigenvalue weighted by Crippen LogP contribution is -2.27. The molecule has 4 rings (SSSR count). The summed E-state index contributed by atoms with van der Waals surface area (Å²) in [5, 5.41) is 8.14. The predicted octanol–water partition coefficient (Wildman–Crippen LogP) is 3.71. The summed E-state index contributed by atoms with van der Waals surface area (Å²) in [5.41, 5.74) is 1.54. The first-order valence-electron chi connectivity index (χ1n) is 11.5. The van der Waals surface area contributed by atoms with E-state index >= 15 is 0 Å². The van der Waals surface area contributed by atoms with Crippen molar-refractivity contribution in [3.05, 3.63) is 53.6 Å². The second kappa shape index (κ2) is 10.5. The standard InChI is InChI=1S/C24H31N5O4S2/c1-15-11-25-23(26-12-15)16(2)17(3)35(30,31)14-21-27-28-24(18-9-10-34-13-18)29(21)22-19(32-4)7-6-8-20(22)33-5/h6-8,11-12,16-18H,9-10,13-14H2,1-5H3/t16-,17-,18-/m0/s1. The fraction of sp³-hybridized carbons (Fsp3) is 0.500. The zero-order valence-electron chi connectivity index (χ0n) is 20.6. The number of hydrogen-bond donors (Lipinski definition) is 0. The summed E-state index contributed by atoms with van der Waals surface area (Å²) in [6.45, 7) is 5.43. The van der Waals surface area contributed by atoms with Crippen LogP contribution in [-0.4, -0.2) is 64.1 Å². The first kappa shape index (κ1) is 25.4. The van der Waals surface area contributed by atoms with Crippen LogP contribution < -0.4 is 9.47 Å². The number of para-hydroxylation sites is 1. The van der Waals surface area contributed by atoms with Crippen molar-refractivity contribution in [1.82, 2.24) is 24.7 Å². The molecule has 0 radical (unpaired) electrons. The van der Waals surface area contributed by atoms with Gasteiger partial charge in [-0.3, -0.25) is 4.57 Å². The van der Waals surface area contributed by atoms with Crippen molar-refractivity contribution in [1.29, 1.82) is 0 Å². The fourth-order valence-corrected chi connectivity index (χ4v) is 6.96. The van der Waals surface area contributed by atoms with E-state index in [1.54, 1.807) is 33.5 Å². The van der Waals surface area contributed by atoms with E-state index < -0.39 is 15.1 Å². The Balaban J connectivity index is 1.76. The molecule has 0 saturated carbocycles. The number of rotatable bonds is 9. The topological polar surface area (TPSA) is 109 Å². The van der Waals surface area contributed by atoms with Crippen molar-refractivity contribution < 1.29 is 17.9 Å². The molecule has 35 heavy (non-hydrogen) atoms. The Morgan fingerprint density at radius 3 is 2.34 bits per heavy atom. The summed E-state index contributed by atoms with van der Waals surface area (Å²) in [6.07, 6.45) is 4.36. The van der Waals surface area contributed by atoms with Gasteiger partial charge in [0.15, 0.2) is 15.7 Å². The van der Waals surface area contributed by atoms with Gasteiger partial charge in [0.25, 0.3) is 0 Å². The number of hydrogen-bond acceptors (Lipinski definition) is 9. The summed E-state index contributed by atoms with van der Waals surface area (Å²) in [7, 11) is -0.483. The third-order valence-corrected chi connectivity index (χ3v) is 9.85. The molecule has 0 bridgehead atoms. The Bertz CT molecular complexity index is 1250. The van der Waals surface area contributed by atoms with Crippen molar-refractivity contribution >= 4 is 21.6 Å². The number of sulfone groups is 1. The van der Waals surface area contributed by atoms with E-state index in [1.807, 2.05) is 48.4 Å². The summed E-state index contributed by atoms with van der Waals surface area (Å²) in [6, 6.07) is 5.48. The van der Waals surface area contributed by atoms with Crippen molar-refractivity contribution in [2.24, 2.45) is 0 Å². The molecule has 3 aromatic rings. The van der Waals surface area contributed by atoms with Crippen molar-refractivity contribution in [3.8, 4) is 17.2 Å². The molecule has 0 N–H and O–H groups in total. The van der Waals surface area contributed by atoms with Gasteiger partial charge in [-0.05, 0) is 43.7 Å². The van der Waals surface area contributed by atoms with Crippen LogP contribution in [0.25, 0.3) is 5.69 Å². The third kappa shape index (κ3) is 5.16. The number of methoxy groups -OCH3 is 2. The highest BCUT2D eigenvalue weighted by Gasteiger charge is 2.34. The molecule has 2 aromatic heterocycles. The predicted molar refractivity (Wildman–Crippen MR) is 136 cm³/mol. The minimum atomic E-state index is -3.64. The number of aromatic nitrogens is 5. The maximum absolute atomic E-state index is 13.6. The third-order valence-electron chi connectivity index (χ3n) is 6.48. The fourth-order valence-electron chi connectivity index (χ4n) is 4.19. The molecule has 9 nitrogen and oxygen atoms in total. The van der Waals surface area contributed by atoms with E-state index in [0.29, 0.717) is 28.8 Å². The lowest BCUT2D eigenvalue weighted by Gasteiger charge is -2.21. The molecule has 0 aliphatic carbocycles. The molecule has 1 aliphatic rings. The van der Waals surface area contributed by atoms with Gasteiger partial charge in [-0.15, -0.1) is 10.2 Å². The van der Waals surface area contributed by atoms with Gasteiger partial charge in [-0.25, -0.2) is 18.4 Å². The zero-order chi connectivity index (χ0) is 25.2. The summed E-state index contributed by atoms with van der Waals surface area (Å²) < 4.78 is 40.3. The molecular weight excluding hydrogens is 486 g/mol. The zero-order valence-corrected chi connectivity index (χ0v) is 22.3. The molecule has 0 unspecified atom stereocenters. The van der Waals surface area contributed by atoms with Gasteiger partial charge in [-0.1, -0.05) is 13.0 Å². The first-order chi connectivity index (χ1) is 16.8. The van der Waals surface area contributed by atoms with Crippen molar-refractivity contribution in [3.63, 3.8) is 0 Å². The number of thioether (sulfide) groups is 1. The Morgan fingerprint density at radius 1 is 1.11 bits per heavy atom. The van der Waals surface area contributed by atoms with Gasteiger partial charge >= 0.3 is 0 Å². The van der Waals surface area contributed by atoms with Gasteiger partial charge in [-0.2, -0.15) is 11.8 Å². The molecule has 3 atom stereocenters. The Hall–Kier alpha value is -2.66. The molecule has 1 saturated heterocycles. The second-order valence-electron chi connectivity index (χ2n) is 8.80. The Labute approximate surface area is 210 Å². The molecule has 0 spiro atoms. The van der Waals surface area contributed by atoms with Crippen LogP contribution in [0.1, 0.15) is 55.1 Å². The average molecular weight is 518 g/mol. The van der Waals surface area contributed by atoms with Crippen molar-refractivity contribution in [2.75, 3.05) is 25.7 Å². The molecule has 1 aliphatic heterocycles. The van der Waals surface area contributed by atoms with Gasteiger partial charge in [0, 0.05) is 30.0 Å². The van der Waals surface area contributed by atoms with E-state index in [2.05, 4.69) is 20.2 Å². The quantitative estimate of drug-likeness (QED) is 0.419. The van der Waals surface area contributed by atoms with E-state index in [-0.39, 0.29) is 17.6 Å². The Morgan fingerprint density at radius 2 is 1.77 bits per heavy atom. The number of ether oxygens (including phenoxy) is 2. The summed E-state index contributed by atoms with van der Waals surface area (Å²) >= 11 is 1.85. The maximum atomic E-state index is 13.6. The minimum absolute atomic E-state index is 0.163. The van der Waals surface area contributed by atoms with Gasteiger partial charge in [0.05, 0.1) is 19.5 Å². The SMILES string of the molecule is COc1cccc(OC)c1-n1c(CS(=O)(=O)[C@@H](C)[C@H](C)c2ncc(C)cn2)nnc1[C@H]1CCSC1. The number of benzene rings is 1. The Kier molecular flexibility index (Phi) is 7.65. The van der Waals surface area contributed by atoms with E-state index in [0.717, 1.165) is 29.3 Å². The lowest BCUT2D eigenvalue weighted by atomic mass is 10.1. The van der Waals surface area contributed by atoms with Crippen LogP contribution in [0.2, 0.25) is 0 Å². The second-order valence-corrected chi connectivity index (χ2v) is 12.3. The van der Waals surface area contributed by atoms with Gasteiger partial charge in [0.2, 0.25) is 0 Å². The van der Waals surface area contributed by atoms with Crippen LogP contribution in [0.15, 0.2) is 30.6 Å². The summed E-state index contributed by atoms with van der Waals surface area (Å²) in [5.74, 6) is 4.11. The highest BCUT2D eigenvalue weighted by Crippen LogP contribution is 2.39. The molecule has 188 valence electrons. The normalized spacial score (nSPS) is 17.8. The van der Waals surface area contributed by atoms with Gasteiger partial charge < -0.3 is 9.47 Å². The maximum Gasteiger partial charge on any atom is 0.160 e. The molecule has 0 amide bonds. The van der Waals surface area contributed by atoms with Crippen LogP contribution >= 0.6 is 11.8 Å². The summed E-state index contributed by atoms with van der Waals surface area (Å²) in [4.78, 5) is 8.69. The molecule has 3 heterocycles. The molecular formula is C24H31N5O4S2. The molecule has 11 heteroatoms. The van der Waals surface area contributed by atoms with Crippen LogP contribution in [0.4, 0.5) is 0 Å². The van der Waals surface area contributed by atoms with Crippen LogP contribution in [0.5, 0.6) is 11.5 Å². The van der Waals surface area contributed by atoms with E-state index in [4.69, 9.17) is 9.47 Å². The molecule has 1 aromatic carbocycles. The number of aryl methyl sites for hydroxylation is 1. The first-order valence-corrected chi connectivity index (χ1v) is 14.4. The van der Waals surface area contributed by atoms with Crippen LogP contribution in [0.3, 0.4) is 0 Å². The lowest BCUT2D eigenvalue weighted by molar-refractivity contribution is 0.389. The number of nitrogens with zero attached hydrogens (tertiary/aromatic N) is 5. The molecule has 1 fully saturated rings. The van der Waals surface area contributed by atoms with E-state index in [1.165, 1.54) is 0 Å². The van der Waals surface area contributed by atoms with Gasteiger partial charge in [0.1, 0.15) is 34.6 Å². The van der Waals surface area contributed by atoms with E-state index in [9.17, 15) is 8.42 Å². The largest absolute Gasteiger partial charge is 0.494 e. The van der Waals surface area contributed by atoms with Crippen LogP contribution in [-0.2, 0) is 15.6 Å². The highest BCUT2D eigenvalue weighted by molar-refractivity contribution is 7.99. The highest BCUT2D eigenvalue weighted by atomic mass is 32.2. The van der Waals surface area contributed by atoms with Crippen LogP contribution in [0, 0.1) is 6.92 Å². The minimum Gasteiger partial charge on any atom is -0.494 e. The smallest absolute Gasteiger partial charge is 0.160 e. The monoisotopic (exact) mass is 517 g/mol. The average Bonchev–Trinajstić information content (AvgIpc) is 3.52.